The normalized spacial score (nSPS) is 17.6. The number of hydrogen-bond donors (Lipinski definition) is 1. The van der Waals surface area contributed by atoms with E-state index in [2.05, 4.69) is 0 Å². The van der Waals surface area contributed by atoms with Gasteiger partial charge < -0.3 is 5.11 Å². The Labute approximate surface area is 200 Å². The Kier molecular flexibility index (Phi) is 6.08. The lowest BCUT2D eigenvalue weighted by molar-refractivity contribution is -0.385. The van der Waals surface area contributed by atoms with Gasteiger partial charge in [-0.1, -0.05) is 29.8 Å². The molecule has 1 unspecified atom stereocenters. The number of amides is 1. The highest BCUT2D eigenvalue weighted by molar-refractivity contribution is 6.51. The first kappa shape index (κ1) is 24.0. The number of benzene rings is 3. The lowest BCUT2D eigenvalue weighted by Crippen LogP contribution is -2.30. The molecule has 1 saturated heterocycles. The van der Waals surface area contributed by atoms with Gasteiger partial charge in [-0.25, -0.2) is 0 Å². The first-order valence-corrected chi connectivity index (χ1v) is 10.4. The van der Waals surface area contributed by atoms with Gasteiger partial charge in [-0.05, 0) is 48.5 Å². The van der Waals surface area contributed by atoms with Crippen molar-refractivity contribution in [2.24, 2.45) is 0 Å². The lowest BCUT2D eigenvalue weighted by Gasteiger charge is -2.25. The van der Waals surface area contributed by atoms with Gasteiger partial charge in [-0.3, -0.25) is 24.6 Å². The second-order valence-electron chi connectivity index (χ2n) is 7.54. The zero-order chi connectivity index (χ0) is 25.5. The number of carbonyl (C=O) groups excluding carboxylic acids is 2. The van der Waals surface area contributed by atoms with Crippen LogP contribution in [-0.4, -0.2) is 21.7 Å². The number of carbonyl (C=O) groups is 2. The van der Waals surface area contributed by atoms with Crippen molar-refractivity contribution < 1.29 is 32.8 Å². The maximum Gasteiger partial charge on any atom is 0.416 e. The van der Waals surface area contributed by atoms with E-state index < -0.39 is 51.4 Å². The Morgan fingerprint density at radius 1 is 1.00 bits per heavy atom. The Morgan fingerprint density at radius 3 is 2.29 bits per heavy atom. The molecule has 0 aliphatic carbocycles. The predicted molar refractivity (Wildman–Crippen MR) is 121 cm³/mol. The van der Waals surface area contributed by atoms with Crippen molar-refractivity contribution in [3.63, 3.8) is 0 Å². The quantitative estimate of drug-likeness (QED) is 0.157. The molecule has 0 spiro atoms. The van der Waals surface area contributed by atoms with Crippen LogP contribution in [0, 0.1) is 10.1 Å². The fraction of sp³-hybridized carbons (Fsp3) is 0.0833. The Bertz CT molecular complexity index is 1390. The van der Waals surface area contributed by atoms with Crippen molar-refractivity contribution in [2.75, 3.05) is 4.90 Å². The molecule has 178 valence electrons. The molecule has 0 bridgehead atoms. The second-order valence-corrected chi connectivity index (χ2v) is 7.98. The summed E-state index contributed by atoms with van der Waals surface area (Å²) in [4.78, 5) is 37.9. The van der Waals surface area contributed by atoms with Crippen LogP contribution in [0.5, 0.6) is 0 Å². The van der Waals surface area contributed by atoms with Gasteiger partial charge >= 0.3 is 6.18 Å². The minimum Gasteiger partial charge on any atom is -0.507 e. The Hall–Kier alpha value is -4.18. The minimum atomic E-state index is -4.75. The van der Waals surface area contributed by atoms with Crippen LogP contribution >= 0.6 is 11.6 Å². The zero-order valence-corrected chi connectivity index (χ0v) is 18.2. The molecule has 0 saturated carbocycles. The predicted octanol–water partition coefficient (Wildman–Crippen LogP) is 5.89. The summed E-state index contributed by atoms with van der Waals surface area (Å²) in [5.74, 6) is -3.11. The summed E-state index contributed by atoms with van der Waals surface area (Å²) in [5, 5.41) is 23.0. The van der Waals surface area contributed by atoms with E-state index in [1.165, 1.54) is 48.5 Å². The summed E-state index contributed by atoms with van der Waals surface area (Å²) < 4.78 is 40.1. The van der Waals surface area contributed by atoms with Gasteiger partial charge in [0.1, 0.15) is 11.8 Å². The van der Waals surface area contributed by atoms with Gasteiger partial charge in [0.15, 0.2) is 0 Å². The first-order valence-electron chi connectivity index (χ1n) is 9.98. The Balaban J connectivity index is 2.01. The van der Waals surface area contributed by atoms with Crippen LogP contribution in [0.15, 0.2) is 78.4 Å². The molecule has 7 nitrogen and oxygen atoms in total. The number of nitrogens with zero attached hydrogens (tertiary/aromatic N) is 2. The summed E-state index contributed by atoms with van der Waals surface area (Å²) in [5.41, 5.74) is -2.48. The van der Waals surface area contributed by atoms with Gasteiger partial charge in [0.2, 0.25) is 0 Å². The molecule has 1 aliphatic rings. The third-order valence-electron chi connectivity index (χ3n) is 5.44. The molecule has 0 radical (unpaired) electrons. The SMILES string of the molecule is O=C1C(=O)N(c2cccc(C(F)(F)F)c2)C(c2ccccc2[N+](=O)[O-])/C1=C(\O)c1ccc(Cl)cc1. The lowest BCUT2D eigenvalue weighted by atomic mass is 9.94. The van der Waals surface area contributed by atoms with E-state index in [1.807, 2.05) is 0 Å². The van der Waals surface area contributed by atoms with Crippen molar-refractivity contribution in [2.45, 2.75) is 12.2 Å². The van der Waals surface area contributed by atoms with Gasteiger partial charge in [0, 0.05) is 22.3 Å². The molecule has 3 aromatic carbocycles. The number of aliphatic hydroxyl groups is 1. The molecule has 1 atom stereocenters. The number of hydrogen-bond acceptors (Lipinski definition) is 5. The van der Waals surface area contributed by atoms with Crippen LogP contribution in [0.25, 0.3) is 5.76 Å². The first-order chi connectivity index (χ1) is 16.5. The van der Waals surface area contributed by atoms with E-state index in [1.54, 1.807) is 0 Å². The van der Waals surface area contributed by atoms with Crippen molar-refractivity contribution in [3.05, 3.63) is 110 Å². The van der Waals surface area contributed by atoms with E-state index in [4.69, 9.17) is 11.6 Å². The third-order valence-corrected chi connectivity index (χ3v) is 5.69. The average molecular weight is 503 g/mol. The van der Waals surface area contributed by atoms with E-state index in [-0.39, 0.29) is 16.8 Å². The molecule has 1 aliphatic heterocycles. The number of Topliss-reactive ketones (excluding diaryl/α,β-unsaturated/α-hetero) is 1. The fourth-order valence-electron chi connectivity index (χ4n) is 3.87. The molecule has 4 rings (SSSR count). The topological polar surface area (TPSA) is 101 Å². The van der Waals surface area contributed by atoms with Crippen LogP contribution in [0.3, 0.4) is 0 Å². The Morgan fingerprint density at radius 2 is 1.66 bits per heavy atom. The number of anilines is 1. The standard InChI is InChI=1S/C24H14ClF3N2O5/c25-15-10-8-13(9-11-15)21(31)19-20(17-6-1-2-7-18(17)30(34)35)29(23(33)22(19)32)16-5-3-4-14(12-16)24(26,27)28/h1-12,20,31H/b21-19+. The maximum atomic E-state index is 13.4. The summed E-state index contributed by atoms with van der Waals surface area (Å²) in [6, 6.07) is 12.8. The second kappa shape index (κ2) is 8.88. The summed E-state index contributed by atoms with van der Waals surface area (Å²) in [6.07, 6.45) is -4.75. The van der Waals surface area contributed by atoms with Crippen LogP contribution in [0.4, 0.5) is 24.5 Å². The molecule has 1 heterocycles. The van der Waals surface area contributed by atoms with Gasteiger partial charge in [-0.15, -0.1) is 0 Å². The van der Waals surface area contributed by atoms with E-state index in [9.17, 15) is 38.0 Å². The average Bonchev–Trinajstić information content (AvgIpc) is 3.09. The molecule has 0 aromatic heterocycles. The number of rotatable bonds is 4. The minimum absolute atomic E-state index is 0.0834. The highest BCUT2D eigenvalue weighted by Gasteiger charge is 2.49. The van der Waals surface area contributed by atoms with Gasteiger partial charge in [0.05, 0.1) is 21.6 Å². The van der Waals surface area contributed by atoms with Gasteiger partial charge in [-0.2, -0.15) is 13.2 Å². The molecule has 3 aromatic rings. The monoisotopic (exact) mass is 502 g/mol. The molecule has 11 heteroatoms. The molecule has 1 N–H and O–H groups in total. The number of aliphatic hydroxyl groups excluding tert-OH is 1. The number of ketones is 1. The van der Waals surface area contributed by atoms with E-state index >= 15 is 0 Å². The molecule has 1 amide bonds. The van der Waals surface area contributed by atoms with Crippen LogP contribution < -0.4 is 4.90 Å². The van der Waals surface area contributed by atoms with Crippen LogP contribution in [-0.2, 0) is 15.8 Å². The number of alkyl halides is 3. The fourth-order valence-corrected chi connectivity index (χ4v) is 4.00. The highest BCUT2D eigenvalue weighted by Crippen LogP contribution is 2.45. The molecule has 35 heavy (non-hydrogen) atoms. The number of nitro benzene ring substituents is 1. The summed E-state index contributed by atoms with van der Waals surface area (Å²) in [7, 11) is 0. The van der Waals surface area contributed by atoms with Crippen molar-refractivity contribution in [3.8, 4) is 0 Å². The van der Waals surface area contributed by atoms with E-state index in [0.717, 1.165) is 23.1 Å². The smallest absolute Gasteiger partial charge is 0.416 e. The molecule has 1 fully saturated rings. The third kappa shape index (κ3) is 4.35. The summed E-state index contributed by atoms with van der Waals surface area (Å²) in [6.45, 7) is 0. The highest BCUT2D eigenvalue weighted by atomic mass is 35.5. The van der Waals surface area contributed by atoms with Crippen LogP contribution in [0.1, 0.15) is 22.7 Å². The van der Waals surface area contributed by atoms with Crippen molar-refractivity contribution in [1.29, 1.82) is 0 Å². The number of halogens is 4. The molecular formula is C24H14ClF3N2O5. The number of para-hydroxylation sites is 1. The molecular weight excluding hydrogens is 489 g/mol. The van der Waals surface area contributed by atoms with E-state index in [0.29, 0.717) is 11.1 Å². The van der Waals surface area contributed by atoms with Crippen molar-refractivity contribution >= 4 is 40.4 Å². The summed E-state index contributed by atoms with van der Waals surface area (Å²) >= 11 is 5.87. The number of nitro groups is 1. The largest absolute Gasteiger partial charge is 0.507 e. The van der Waals surface area contributed by atoms with Crippen LogP contribution in [0.2, 0.25) is 5.02 Å². The van der Waals surface area contributed by atoms with Crippen molar-refractivity contribution in [1.82, 2.24) is 0 Å². The zero-order valence-electron chi connectivity index (χ0n) is 17.5. The van der Waals surface area contributed by atoms with Gasteiger partial charge in [0.25, 0.3) is 17.4 Å². The maximum absolute atomic E-state index is 13.4.